The Morgan fingerprint density at radius 1 is 0.850 bits per heavy atom. The molecule has 0 saturated heterocycles. The Bertz CT molecular complexity index is 340. The number of ether oxygens (including phenoxy) is 2. The standard InChI is InChI=1S/C10H10O4.2C2H7N/c1-7(11)13-9-3-5-10(6-4-9)14-8(2)12;2*1-2-3/h3-6H,1-2H3;2*2-3H2,1H3. The zero-order chi connectivity index (χ0) is 16.0. The molecule has 0 amide bonds. The second-order valence-corrected chi connectivity index (χ2v) is 3.48. The van der Waals surface area contributed by atoms with Crippen LogP contribution >= 0.6 is 0 Å². The Morgan fingerprint density at radius 3 is 1.20 bits per heavy atom. The van der Waals surface area contributed by atoms with Crippen molar-refractivity contribution in [1.29, 1.82) is 0 Å². The van der Waals surface area contributed by atoms with Gasteiger partial charge in [-0.05, 0) is 37.4 Å². The minimum Gasteiger partial charge on any atom is -0.427 e. The summed E-state index contributed by atoms with van der Waals surface area (Å²) < 4.78 is 9.59. The van der Waals surface area contributed by atoms with Crippen LogP contribution in [0.5, 0.6) is 11.5 Å². The predicted molar refractivity (Wildman–Crippen MR) is 78.5 cm³/mol. The second kappa shape index (κ2) is 13.5. The van der Waals surface area contributed by atoms with E-state index in [4.69, 9.17) is 20.9 Å². The lowest BCUT2D eigenvalue weighted by atomic mass is 10.3. The maximum atomic E-state index is 10.6. The molecular weight excluding hydrogens is 260 g/mol. The number of hydrogen-bond acceptors (Lipinski definition) is 6. The van der Waals surface area contributed by atoms with Crippen molar-refractivity contribution in [3.8, 4) is 11.5 Å². The van der Waals surface area contributed by atoms with Crippen LogP contribution in [0.4, 0.5) is 0 Å². The second-order valence-electron chi connectivity index (χ2n) is 3.48. The van der Waals surface area contributed by atoms with E-state index >= 15 is 0 Å². The van der Waals surface area contributed by atoms with Gasteiger partial charge in [-0.15, -0.1) is 0 Å². The highest BCUT2D eigenvalue weighted by molar-refractivity contribution is 5.70. The number of hydrogen-bond donors (Lipinski definition) is 2. The quantitative estimate of drug-likeness (QED) is 0.629. The van der Waals surface area contributed by atoms with Crippen LogP contribution < -0.4 is 20.9 Å². The first-order chi connectivity index (χ1) is 9.40. The summed E-state index contributed by atoms with van der Waals surface area (Å²) in [6.07, 6.45) is 0. The molecule has 0 aliphatic rings. The largest absolute Gasteiger partial charge is 0.427 e. The van der Waals surface area contributed by atoms with E-state index in [0.717, 1.165) is 13.1 Å². The predicted octanol–water partition coefficient (Wildman–Crippen LogP) is 1.47. The molecule has 0 unspecified atom stereocenters. The third kappa shape index (κ3) is 14.1. The van der Waals surface area contributed by atoms with E-state index in [0.29, 0.717) is 11.5 Å². The summed E-state index contributed by atoms with van der Waals surface area (Å²) in [5.41, 5.74) is 9.69. The van der Waals surface area contributed by atoms with Crippen LogP contribution in [-0.2, 0) is 9.59 Å². The summed E-state index contributed by atoms with van der Waals surface area (Å²) >= 11 is 0. The fourth-order valence-electron chi connectivity index (χ4n) is 0.908. The minimum atomic E-state index is -0.384. The Hall–Kier alpha value is -1.92. The lowest BCUT2D eigenvalue weighted by Crippen LogP contribution is -2.03. The van der Waals surface area contributed by atoms with E-state index in [9.17, 15) is 9.59 Å². The molecule has 0 heterocycles. The van der Waals surface area contributed by atoms with Gasteiger partial charge in [-0.2, -0.15) is 0 Å². The van der Waals surface area contributed by atoms with Gasteiger partial charge in [-0.1, -0.05) is 13.8 Å². The number of benzene rings is 1. The first-order valence-electron chi connectivity index (χ1n) is 6.28. The van der Waals surface area contributed by atoms with Crippen LogP contribution in [0.25, 0.3) is 0 Å². The minimum absolute atomic E-state index is 0.384. The highest BCUT2D eigenvalue weighted by Gasteiger charge is 2.00. The number of nitrogens with two attached hydrogens (primary N) is 2. The van der Waals surface area contributed by atoms with E-state index in [1.165, 1.54) is 13.8 Å². The first-order valence-corrected chi connectivity index (χ1v) is 6.28. The molecule has 1 rings (SSSR count). The van der Waals surface area contributed by atoms with E-state index in [2.05, 4.69) is 0 Å². The zero-order valence-electron chi connectivity index (χ0n) is 12.5. The number of carbonyl (C=O) groups is 2. The van der Waals surface area contributed by atoms with Crippen molar-refractivity contribution in [2.75, 3.05) is 13.1 Å². The Balaban J connectivity index is 0. The van der Waals surface area contributed by atoms with E-state index < -0.39 is 0 Å². The summed E-state index contributed by atoms with van der Waals surface area (Å²) in [6, 6.07) is 6.22. The topological polar surface area (TPSA) is 105 Å². The molecule has 0 aliphatic carbocycles. The van der Waals surface area contributed by atoms with Crippen molar-refractivity contribution in [3.05, 3.63) is 24.3 Å². The third-order valence-electron chi connectivity index (χ3n) is 1.35. The SMILES string of the molecule is CC(=O)Oc1ccc(OC(C)=O)cc1.CCN.CCN. The molecule has 1 aromatic carbocycles. The van der Waals surface area contributed by atoms with Crippen LogP contribution in [0.3, 0.4) is 0 Å². The van der Waals surface area contributed by atoms with Crippen molar-refractivity contribution >= 4 is 11.9 Å². The molecular formula is C14H24N2O4. The molecule has 0 aromatic heterocycles. The summed E-state index contributed by atoms with van der Waals surface area (Å²) in [5, 5.41) is 0. The molecule has 0 radical (unpaired) electrons. The van der Waals surface area contributed by atoms with E-state index in [1.54, 1.807) is 24.3 Å². The van der Waals surface area contributed by atoms with Gasteiger partial charge in [0, 0.05) is 13.8 Å². The summed E-state index contributed by atoms with van der Waals surface area (Å²) in [6.45, 7) is 7.94. The fourth-order valence-corrected chi connectivity index (χ4v) is 0.908. The molecule has 0 spiro atoms. The van der Waals surface area contributed by atoms with Gasteiger partial charge < -0.3 is 20.9 Å². The van der Waals surface area contributed by atoms with Gasteiger partial charge in [-0.3, -0.25) is 9.59 Å². The highest BCUT2D eigenvalue weighted by atomic mass is 16.5. The van der Waals surface area contributed by atoms with Crippen molar-refractivity contribution in [2.24, 2.45) is 11.5 Å². The third-order valence-corrected chi connectivity index (χ3v) is 1.35. The smallest absolute Gasteiger partial charge is 0.308 e. The van der Waals surface area contributed by atoms with Gasteiger partial charge in [0.1, 0.15) is 11.5 Å². The zero-order valence-corrected chi connectivity index (χ0v) is 12.5. The van der Waals surface area contributed by atoms with Gasteiger partial charge in [0.05, 0.1) is 0 Å². The molecule has 0 saturated carbocycles. The molecule has 0 aliphatic heterocycles. The van der Waals surface area contributed by atoms with E-state index in [1.807, 2.05) is 13.8 Å². The normalized spacial score (nSPS) is 8.30. The monoisotopic (exact) mass is 284 g/mol. The average molecular weight is 284 g/mol. The molecule has 4 N–H and O–H groups in total. The van der Waals surface area contributed by atoms with Crippen molar-refractivity contribution in [3.63, 3.8) is 0 Å². The molecule has 0 bridgehead atoms. The number of esters is 2. The van der Waals surface area contributed by atoms with Gasteiger partial charge in [0.25, 0.3) is 0 Å². The fraction of sp³-hybridized carbons (Fsp3) is 0.429. The summed E-state index contributed by atoms with van der Waals surface area (Å²) in [4.78, 5) is 21.1. The van der Waals surface area contributed by atoms with Crippen molar-refractivity contribution < 1.29 is 19.1 Å². The Kier molecular flexibility index (Phi) is 13.8. The number of rotatable bonds is 2. The molecule has 20 heavy (non-hydrogen) atoms. The van der Waals surface area contributed by atoms with Crippen molar-refractivity contribution in [1.82, 2.24) is 0 Å². The summed E-state index contributed by atoms with van der Waals surface area (Å²) in [7, 11) is 0. The van der Waals surface area contributed by atoms with Gasteiger partial charge in [0.15, 0.2) is 0 Å². The van der Waals surface area contributed by atoms with Crippen LogP contribution in [-0.4, -0.2) is 25.0 Å². The van der Waals surface area contributed by atoms with Crippen LogP contribution in [0.2, 0.25) is 0 Å². The van der Waals surface area contributed by atoms with Gasteiger partial charge in [-0.25, -0.2) is 0 Å². The Morgan fingerprint density at radius 2 is 1.05 bits per heavy atom. The van der Waals surface area contributed by atoms with Gasteiger partial charge >= 0.3 is 11.9 Å². The molecule has 0 fully saturated rings. The maximum Gasteiger partial charge on any atom is 0.308 e. The lowest BCUT2D eigenvalue weighted by Gasteiger charge is -2.03. The van der Waals surface area contributed by atoms with Crippen LogP contribution in [0.15, 0.2) is 24.3 Å². The molecule has 0 atom stereocenters. The first kappa shape index (κ1) is 20.4. The molecule has 6 nitrogen and oxygen atoms in total. The summed E-state index contributed by atoms with van der Waals surface area (Å²) in [5.74, 6) is 0.0808. The molecule has 1 aromatic rings. The van der Waals surface area contributed by atoms with Crippen molar-refractivity contribution in [2.45, 2.75) is 27.7 Å². The van der Waals surface area contributed by atoms with Crippen LogP contribution in [0.1, 0.15) is 27.7 Å². The lowest BCUT2D eigenvalue weighted by molar-refractivity contribution is -0.133. The number of carbonyl (C=O) groups excluding carboxylic acids is 2. The Labute approximate surface area is 120 Å². The highest BCUT2D eigenvalue weighted by Crippen LogP contribution is 2.17. The van der Waals surface area contributed by atoms with E-state index in [-0.39, 0.29) is 11.9 Å². The average Bonchev–Trinajstić information content (AvgIpc) is 2.32. The molecule has 114 valence electrons. The van der Waals surface area contributed by atoms with Crippen LogP contribution in [0, 0.1) is 0 Å². The molecule has 6 heteroatoms. The maximum absolute atomic E-state index is 10.6. The van der Waals surface area contributed by atoms with Gasteiger partial charge in [0.2, 0.25) is 0 Å².